The fourth-order valence-corrected chi connectivity index (χ4v) is 5.56. The van der Waals surface area contributed by atoms with Crippen LogP contribution in [0.3, 0.4) is 0 Å². The van der Waals surface area contributed by atoms with E-state index < -0.39 is 11.9 Å². The second kappa shape index (κ2) is 11.9. The molecule has 1 unspecified atom stereocenters. The van der Waals surface area contributed by atoms with Crippen LogP contribution in [0.1, 0.15) is 60.8 Å². The molecule has 1 aliphatic heterocycles. The SMILES string of the molecule is CCCCCOc1ccc(C2c3c(oc4ccc(Br)cc4c3=O)C(=O)N2c2ccc(OC)c(Cl)c2)cc1OCC. The van der Waals surface area contributed by atoms with Gasteiger partial charge in [0.25, 0.3) is 5.91 Å². The van der Waals surface area contributed by atoms with Gasteiger partial charge in [-0.15, -0.1) is 0 Å². The van der Waals surface area contributed by atoms with Crippen molar-refractivity contribution in [1.29, 1.82) is 0 Å². The Morgan fingerprint density at radius 2 is 1.75 bits per heavy atom. The maximum atomic E-state index is 14.0. The van der Waals surface area contributed by atoms with Crippen molar-refractivity contribution >= 4 is 50.1 Å². The van der Waals surface area contributed by atoms with Crippen molar-refractivity contribution in [2.75, 3.05) is 25.2 Å². The summed E-state index contributed by atoms with van der Waals surface area (Å²) in [5, 5.41) is 0.711. The summed E-state index contributed by atoms with van der Waals surface area (Å²) < 4.78 is 24.1. The molecule has 4 aromatic rings. The smallest absolute Gasteiger partial charge is 0.295 e. The second-order valence-electron chi connectivity index (χ2n) is 9.41. The molecule has 1 aliphatic rings. The molecular weight excluding hydrogens is 598 g/mol. The summed E-state index contributed by atoms with van der Waals surface area (Å²) in [6, 6.07) is 14.9. The molecule has 0 N–H and O–H groups in total. The van der Waals surface area contributed by atoms with Gasteiger partial charge in [0.2, 0.25) is 5.76 Å². The molecule has 5 rings (SSSR count). The Kier molecular flexibility index (Phi) is 8.38. The number of rotatable bonds is 10. The zero-order valence-corrected chi connectivity index (χ0v) is 24.8. The van der Waals surface area contributed by atoms with Gasteiger partial charge in [0.05, 0.1) is 42.3 Å². The van der Waals surface area contributed by atoms with E-state index in [9.17, 15) is 9.59 Å². The highest BCUT2D eigenvalue weighted by atomic mass is 79.9. The van der Waals surface area contributed by atoms with Crippen LogP contribution in [0.25, 0.3) is 11.0 Å². The van der Waals surface area contributed by atoms with Crippen molar-refractivity contribution in [2.45, 2.75) is 39.2 Å². The number of nitrogens with zero attached hydrogens (tertiary/aromatic N) is 1. The highest BCUT2D eigenvalue weighted by molar-refractivity contribution is 9.10. The third-order valence-corrected chi connectivity index (χ3v) is 7.62. The van der Waals surface area contributed by atoms with Crippen LogP contribution in [0.5, 0.6) is 17.2 Å². The van der Waals surface area contributed by atoms with Gasteiger partial charge in [0.15, 0.2) is 16.9 Å². The van der Waals surface area contributed by atoms with Crippen LogP contribution in [-0.2, 0) is 0 Å². The van der Waals surface area contributed by atoms with E-state index in [4.69, 9.17) is 30.2 Å². The molecular formula is C31H29BrClNO6. The topological polar surface area (TPSA) is 78.2 Å². The predicted octanol–water partition coefficient (Wildman–Crippen LogP) is 7.94. The Hall–Kier alpha value is -3.49. The molecule has 0 fully saturated rings. The van der Waals surface area contributed by atoms with Gasteiger partial charge >= 0.3 is 0 Å². The Bertz CT molecular complexity index is 1630. The van der Waals surface area contributed by atoms with Crippen LogP contribution in [0, 0.1) is 0 Å². The van der Waals surface area contributed by atoms with E-state index in [1.165, 1.54) is 12.0 Å². The molecule has 208 valence electrons. The number of carbonyl (C=O) groups excluding carboxylic acids is 1. The number of unbranched alkanes of at least 4 members (excludes halogenated alkanes) is 2. The molecule has 1 amide bonds. The summed E-state index contributed by atoms with van der Waals surface area (Å²) in [7, 11) is 1.52. The minimum Gasteiger partial charge on any atom is -0.495 e. The van der Waals surface area contributed by atoms with Crippen LogP contribution in [0.15, 0.2) is 68.3 Å². The van der Waals surface area contributed by atoms with Gasteiger partial charge in [-0.2, -0.15) is 0 Å². The lowest BCUT2D eigenvalue weighted by atomic mass is 9.97. The first kappa shape index (κ1) is 28.1. The molecule has 1 atom stereocenters. The standard InChI is InChI=1S/C31H29BrClNO6/c1-4-6-7-14-39-25-11-8-18(15-26(25)38-5-2)28-27-29(35)21-16-19(32)9-12-23(21)40-30(27)31(36)34(28)20-10-13-24(37-3)22(33)17-20/h8-13,15-17,28H,4-7,14H2,1-3H3. The van der Waals surface area contributed by atoms with Gasteiger partial charge in [-0.25, -0.2) is 0 Å². The van der Waals surface area contributed by atoms with Crippen LogP contribution >= 0.6 is 27.5 Å². The van der Waals surface area contributed by atoms with E-state index in [0.29, 0.717) is 57.7 Å². The maximum absolute atomic E-state index is 14.0. The number of anilines is 1. The monoisotopic (exact) mass is 625 g/mol. The molecule has 3 aromatic carbocycles. The summed E-state index contributed by atoms with van der Waals surface area (Å²) in [6.45, 7) is 5.03. The van der Waals surface area contributed by atoms with Crippen molar-refractivity contribution in [1.82, 2.24) is 0 Å². The van der Waals surface area contributed by atoms with E-state index in [-0.39, 0.29) is 16.8 Å². The van der Waals surface area contributed by atoms with Crippen molar-refractivity contribution < 1.29 is 23.4 Å². The number of carbonyl (C=O) groups is 1. The highest BCUT2D eigenvalue weighted by Gasteiger charge is 2.44. The number of hydrogen-bond acceptors (Lipinski definition) is 6. The highest BCUT2D eigenvalue weighted by Crippen LogP contribution is 2.44. The molecule has 0 saturated carbocycles. The number of fused-ring (bicyclic) bond motifs is 2. The number of methoxy groups -OCH3 is 1. The third-order valence-electron chi connectivity index (χ3n) is 6.83. The average molecular weight is 627 g/mol. The molecule has 0 aliphatic carbocycles. The zero-order valence-electron chi connectivity index (χ0n) is 22.5. The number of ether oxygens (including phenoxy) is 3. The Labute approximate surface area is 245 Å². The van der Waals surface area contributed by atoms with Gasteiger partial charge in [-0.1, -0.05) is 53.4 Å². The maximum Gasteiger partial charge on any atom is 0.295 e. The quantitative estimate of drug-likeness (QED) is 0.166. The molecule has 0 radical (unpaired) electrons. The first-order valence-corrected chi connectivity index (χ1v) is 14.4. The molecule has 0 saturated heterocycles. The van der Waals surface area contributed by atoms with Crippen LogP contribution in [-0.4, -0.2) is 26.2 Å². The van der Waals surface area contributed by atoms with Gasteiger partial charge < -0.3 is 18.6 Å². The van der Waals surface area contributed by atoms with E-state index in [1.54, 1.807) is 36.4 Å². The van der Waals surface area contributed by atoms with Gasteiger partial charge in [-0.05, 0) is 67.4 Å². The molecule has 0 bridgehead atoms. The average Bonchev–Trinajstić information content (AvgIpc) is 3.24. The second-order valence-corrected chi connectivity index (χ2v) is 10.7. The third kappa shape index (κ3) is 5.18. The van der Waals surface area contributed by atoms with Gasteiger partial charge in [-0.3, -0.25) is 14.5 Å². The van der Waals surface area contributed by atoms with Crippen molar-refractivity contribution in [3.8, 4) is 17.2 Å². The van der Waals surface area contributed by atoms with Gasteiger partial charge in [0.1, 0.15) is 11.3 Å². The Morgan fingerprint density at radius 1 is 0.950 bits per heavy atom. The first-order valence-electron chi connectivity index (χ1n) is 13.2. The lowest BCUT2D eigenvalue weighted by molar-refractivity contribution is 0.0971. The van der Waals surface area contributed by atoms with Crippen LogP contribution < -0.4 is 24.5 Å². The molecule has 9 heteroatoms. The molecule has 1 aromatic heterocycles. The minimum atomic E-state index is -0.792. The van der Waals surface area contributed by atoms with Crippen molar-refractivity contribution in [3.63, 3.8) is 0 Å². The number of amides is 1. The van der Waals surface area contributed by atoms with Crippen LogP contribution in [0.2, 0.25) is 5.02 Å². The van der Waals surface area contributed by atoms with E-state index in [1.807, 2.05) is 25.1 Å². The number of halogens is 2. The van der Waals surface area contributed by atoms with E-state index in [0.717, 1.165) is 23.7 Å². The Balaban J connectivity index is 1.69. The summed E-state index contributed by atoms with van der Waals surface area (Å²) in [5.74, 6) is 1.17. The largest absolute Gasteiger partial charge is 0.495 e. The summed E-state index contributed by atoms with van der Waals surface area (Å²) >= 11 is 9.90. The lowest BCUT2D eigenvalue weighted by Gasteiger charge is -2.26. The van der Waals surface area contributed by atoms with Gasteiger partial charge in [0, 0.05) is 10.2 Å². The van der Waals surface area contributed by atoms with E-state index >= 15 is 0 Å². The summed E-state index contributed by atoms with van der Waals surface area (Å²) in [6.07, 6.45) is 3.10. The summed E-state index contributed by atoms with van der Waals surface area (Å²) in [4.78, 5) is 29.4. The fraction of sp³-hybridized carbons (Fsp3) is 0.290. The predicted molar refractivity (Wildman–Crippen MR) is 159 cm³/mol. The van der Waals surface area contributed by atoms with Crippen LogP contribution in [0.4, 0.5) is 5.69 Å². The Morgan fingerprint density at radius 3 is 2.48 bits per heavy atom. The normalized spacial score (nSPS) is 14.5. The lowest BCUT2D eigenvalue weighted by Crippen LogP contribution is -2.29. The number of benzene rings is 3. The summed E-state index contributed by atoms with van der Waals surface area (Å²) in [5.41, 5.74) is 1.47. The van der Waals surface area contributed by atoms with E-state index in [2.05, 4.69) is 22.9 Å². The molecule has 7 nitrogen and oxygen atoms in total. The number of hydrogen-bond donors (Lipinski definition) is 0. The molecule has 40 heavy (non-hydrogen) atoms. The molecule has 2 heterocycles. The zero-order chi connectivity index (χ0) is 28.4. The van der Waals surface area contributed by atoms with Crippen molar-refractivity contribution in [2.24, 2.45) is 0 Å². The minimum absolute atomic E-state index is 0.00499. The van der Waals surface area contributed by atoms with Crippen molar-refractivity contribution in [3.05, 3.63) is 91.2 Å². The molecule has 0 spiro atoms. The first-order chi connectivity index (χ1) is 19.4. The fourth-order valence-electron chi connectivity index (χ4n) is 4.95.